The number of rotatable bonds is 3. The summed E-state index contributed by atoms with van der Waals surface area (Å²) in [6, 6.07) is 14.8. The Hall–Kier alpha value is -2.66. The Morgan fingerprint density at radius 2 is 1.93 bits per heavy atom. The lowest BCUT2D eigenvalue weighted by molar-refractivity contribution is 0.0560. The molecule has 27 heavy (non-hydrogen) atoms. The van der Waals surface area contributed by atoms with Gasteiger partial charge in [-0.1, -0.05) is 35.0 Å². The minimum absolute atomic E-state index is 0.0176. The molecular weight excluding hydrogens is 362 g/mol. The normalized spacial score (nSPS) is 17.1. The van der Waals surface area contributed by atoms with E-state index in [1.165, 1.54) is 0 Å². The molecule has 4 rings (SSSR count). The van der Waals surface area contributed by atoms with Crippen molar-refractivity contribution in [1.29, 1.82) is 0 Å². The second-order valence-electron chi connectivity index (χ2n) is 6.79. The Morgan fingerprint density at radius 3 is 2.70 bits per heavy atom. The summed E-state index contributed by atoms with van der Waals surface area (Å²) in [6.45, 7) is 2.65. The molecule has 1 aliphatic heterocycles. The molecule has 1 fully saturated rings. The van der Waals surface area contributed by atoms with Gasteiger partial charge < -0.3 is 9.42 Å². The van der Waals surface area contributed by atoms with E-state index in [0.717, 1.165) is 36.0 Å². The number of carbonyl (C=O) groups excluding carboxylic acids is 1. The minimum Gasteiger partial charge on any atom is -0.337 e. The molecule has 0 spiro atoms. The number of aromatic nitrogens is 2. The van der Waals surface area contributed by atoms with E-state index in [4.69, 9.17) is 16.1 Å². The Balaban J connectivity index is 1.62. The van der Waals surface area contributed by atoms with Crippen LogP contribution in [-0.2, 0) is 0 Å². The van der Waals surface area contributed by atoms with E-state index in [1.807, 2.05) is 48.2 Å². The van der Waals surface area contributed by atoms with Crippen molar-refractivity contribution in [3.05, 3.63) is 70.6 Å². The summed E-state index contributed by atoms with van der Waals surface area (Å²) in [4.78, 5) is 19.6. The van der Waals surface area contributed by atoms with Gasteiger partial charge in [-0.15, -0.1) is 0 Å². The van der Waals surface area contributed by atoms with E-state index in [9.17, 15) is 4.79 Å². The molecule has 0 bridgehead atoms. The third kappa shape index (κ3) is 3.60. The number of amides is 1. The number of hydrogen-bond acceptors (Lipinski definition) is 4. The summed E-state index contributed by atoms with van der Waals surface area (Å²) < 4.78 is 5.55. The fourth-order valence-corrected chi connectivity index (χ4v) is 3.61. The number of hydrogen-bond donors (Lipinski definition) is 0. The molecule has 6 heteroatoms. The Morgan fingerprint density at radius 1 is 1.15 bits per heavy atom. The van der Waals surface area contributed by atoms with Crippen molar-refractivity contribution >= 4 is 17.5 Å². The maximum absolute atomic E-state index is 13.1. The molecule has 1 aromatic heterocycles. The topological polar surface area (TPSA) is 59.2 Å². The lowest BCUT2D eigenvalue weighted by Gasteiger charge is -2.33. The van der Waals surface area contributed by atoms with E-state index in [1.54, 1.807) is 12.1 Å². The van der Waals surface area contributed by atoms with Crippen LogP contribution in [0.3, 0.4) is 0 Å². The van der Waals surface area contributed by atoms with Crippen LogP contribution >= 0.6 is 11.6 Å². The predicted molar refractivity (Wildman–Crippen MR) is 104 cm³/mol. The van der Waals surface area contributed by atoms with Gasteiger partial charge in [0.25, 0.3) is 5.91 Å². The fraction of sp³-hybridized carbons (Fsp3) is 0.286. The molecule has 1 atom stereocenters. The summed E-state index contributed by atoms with van der Waals surface area (Å²) >= 11 is 5.94. The zero-order chi connectivity index (χ0) is 18.8. The van der Waals surface area contributed by atoms with Gasteiger partial charge in [0.05, 0.1) is 0 Å². The lowest BCUT2D eigenvalue weighted by Crippen LogP contribution is -2.39. The zero-order valence-corrected chi connectivity index (χ0v) is 15.8. The number of benzene rings is 2. The van der Waals surface area contributed by atoms with Crippen LogP contribution in [0.1, 0.15) is 47.1 Å². The van der Waals surface area contributed by atoms with E-state index < -0.39 is 0 Å². The SMILES string of the molecule is Cc1ccccc1C(=O)N1CCCCC1c1nc(-c2ccc(Cl)cc2)no1. The molecular formula is C21H20ClN3O2. The number of piperidine rings is 1. The first kappa shape index (κ1) is 17.7. The highest BCUT2D eigenvalue weighted by Gasteiger charge is 2.33. The first-order valence-corrected chi connectivity index (χ1v) is 9.47. The van der Waals surface area contributed by atoms with Crippen molar-refractivity contribution < 1.29 is 9.32 Å². The average molecular weight is 382 g/mol. The predicted octanol–water partition coefficient (Wildman–Crippen LogP) is 5.07. The van der Waals surface area contributed by atoms with Crippen LogP contribution in [0.5, 0.6) is 0 Å². The molecule has 2 aromatic carbocycles. The molecule has 0 saturated carbocycles. The van der Waals surface area contributed by atoms with Gasteiger partial charge in [-0.05, 0) is 62.1 Å². The van der Waals surface area contributed by atoms with Crippen molar-refractivity contribution in [3.8, 4) is 11.4 Å². The van der Waals surface area contributed by atoms with Gasteiger partial charge in [-0.3, -0.25) is 4.79 Å². The third-order valence-electron chi connectivity index (χ3n) is 4.97. The number of likely N-dealkylation sites (tertiary alicyclic amines) is 1. The number of carbonyl (C=O) groups is 1. The second kappa shape index (κ2) is 7.53. The van der Waals surface area contributed by atoms with Gasteiger partial charge in [0.1, 0.15) is 6.04 Å². The third-order valence-corrected chi connectivity index (χ3v) is 5.22. The molecule has 3 aromatic rings. The van der Waals surface area contributed by atoms with Gasteiger partial charge in [-0.2, -0.15) is 4.98 Å². The first-order chi connectivity index (χ1) is 13.1. The lowest BCUT2D eigenvalue weighted by atomic mass is 9.99. The molecule has 1 unspecified atom stereocenters. The van der Waals surface area contributed by atoms with Gasteiger partial charge in [-0.25, -0.2) is 0 Å². The van der Waals surface area contributed by atoms with E-state index in [2.05, 4.69) is 10.1 Å². The maximum atomic E-state index is 13.1. The van der Waals surface area contributed by atoms with Crippen LogP contribution in [0.4, 0.5) is 0 Å². The maximum Gasteiger partial charge on any atom is 0.254 e. The van der Waals surface area contributed by atoms with Crippen LogP contribution in [-0.4, -0.2) is 27.5 Å². The smallest absolute Gasteiger partial charge is 0.254 e. The van der Waals surface area contributed by atoms with Crippen LogP contribution in [0.2, 0.25) is 5.02 Å². The molecule has 138 valence electrons. The summed E-state index contributed by atoms with van der Waals surface area (Å²) in [5.74, 6) is 1.01. The largest absolute Gasteiger partial charge is 0.337 e. The molecule has 5 nitrogen and oxygen atoms in total. The van der Waals surface area contributed by atoms with Crippen molar-refractivity contribution in [1.82, 2.24) is 15.0 Å². The molecule has 1 amide bonds. The number of aryl methyl sites for hydroxylation is 1. The highest BCUT2D eigenvalue weighted by Crippen LogP contribution is 2.32. The standard InChI is InChI=1S/C21H20ClN3O2/c1-14-6-2-3-7-17(14)21(26)25-13-5-4-8-18(25)20-23-19(24-27-20)15-9-11-16(22)12-10-15/h2-3,6-7,9-12,18H,4-5,8,13H2,1H3. The zero-order valence-electron chi connectivity index (χ0n) is 15.1. The molecule has 0 aliphatic carbocycles. The Bertz CT molecular complexity index is 952. The minimum atomic E-state index is -0.195. The van der Waals surface area contributed by atoms with Crippen molar-refractivity contribution in [2.45, 2.75) is 32.2 Å². The fourth-order valence-electron chi connectivity index (χ4n) is 3.49. The molecule has 0 radical (unpaired) electrons. The van der Waals surface area contributed by atoms with Crippen molar-refractivity contribution in [2.24, 2.45) is 0 Å². The quantitative estimate of drug-likeness (QED) is 0.635. The van der Waals surface area contributed by atoms with E-state index >= 15 is 0 Å². The molecule has 1 aliphatic rings. The van der Waals surface area contributed by atoms with Crippen molar-refractivity contribution in [3.63, 3.8) is 0 Å². The highest BCUT2D eigenvalue weighted by atomic mass is 35.5. The summed E-state index contributed by atoms with van der Waals surface area (Å²) in [7, 11) is 0. The number of halogens is 1. The monoisotopic (exact) mass is 381 g/mol. The van der Waals surface area contributed by atoms with Gasteiger partial charge in [0, 0.05) is 22.7 Å². The molecule has 1 saturated heterocycles. The van der Waals surface area contributed by atoms with E-state index in [-0.39, 0.29) is 11.9 Å². The molecule has 0 N–H and O–H groups in total. The van der Waals surface area contributed by atoms with Gasteiger partial charge >= 0.3 is 0 Å². The van der Waals surface area contributed by atoms with Gasteiger partial charge in [0.2, 0.25) is 11.7 Å². The van der Waals surface area contributed by atoms with Crippen LogP contribution < -0.4 is 0 Å². The Kier molecular flexibility index (Phi) is 4.94. The van der Waals surface area contributed by atoms with Crippen LogP contribution in [0.25, 0.3) is 11.4 Å². The van der Waals surface area contributed by atoms with E-state index in [0.29, 0.717) is 23.3 Å². The Labute approximate surface area is 163 Å². The van der Waals surface area contributed by atoms with Crippen molar-refractivity contribution in [2.75, 3.05) is 6.54 Å². The average Bonchev–Trinajstić information content (AvgIpc) is 3.18. The second-order valence-corrected chi connectivity index (χ2v) is 7.22. The van der Waals surface area contributed by atoms with Gasteiger partial charge in [0.15, 0.2) is 0 Å². The summed E-state index contributed by atoms with van der Waals surface area (Å²) in [5.41, 5.74) is 2.53. The first-order valence-electron chi connectivity index (χ1n) is 9.09. The van der Waals surface area contributed by atoms with Crippen LogP contribution in [0, 0.1) is 6.92 Å². The summed E-state index contributed by atoms with van der Waals surface area (Å²) in [6.07, 6.45) is 2.83. The van der Waals surface area contributed by atoms with Crippen LogP contribution in [0.15, 0.2) is 53.1 Å². The highest BCUT2D eigenvalue weighted by molar-refractivity contribution is 6.30. The summed E-state index contributed by atoms with van der Waals surface area (Å²) in [5, 5.41) is 4.77. The number of nitrogens with zero attached hydrogens (tertiary/aromatic N) is 3. The molecule has 2 heterocycles.